The molecule has 1 heterocycles. The van der Waals surface area contributed by atoms with Crippen LogP contribution in [0.3, 0.4) is 0 Å². The predicted octanol–water partition coefficient (Wildman–Crippen LogP) is 0.349. The van der Waals surface area contributed by atoms with Crippen molar-refractivity contribution in [2.75, 3.05) is 33.2 Å². The van der Waals surface area contributed by atoms with E-state index in [4.69, 9.17) is 0 Å². The number of imide groups is 1. The first kappa shape index (κ1) is 22.6. The highest BCUT2D eigenvalue weighted by atomic mass is 127. The lowest BCUT2D eigenvalue weighted by Crippen LogP contribution is -2.45. The number of rotatable bonds is 7. The Morgan fingerprint density at radius 1 is 1.07 bits per heavy atom. The highest BCUT2D eigenvalue weighted by Crippen LogP contribution is 2.52. The molecule has 2 bridgehead atoms. The summed E-state index contributed by atoms with van der Waals surface area (Å²) >= 11 is 0. The first-order chi connectivity index (χ1) is 12.9. The van der Waals surface area contributed by atoms with Gasteiger partial charge in [0.15, 0.2) is 5.96 Å². The van der Waals surface area contributed by atoms with E-state index in [1.54, 1.807) is 7.05 Å². The van der Waals surface area contributed by atoms with E-state index in [2.05, 4.69) is 33.1 Å². The molecular formula is C19H30IN5O3. The van der Waals surface area contributed by atoms with Gasteiger partial charge in [0, 0.05) is 39.1 Å². The predicted molar refractivity (Wildman–Crippen MR) is 117 cm³/mol. The Balaban J connectivity index is 0.00000280. The molecule has 4 unspecified atom stereocenters. The smallest absolute Gasteiger partial charge is 0.233 e. The van der Waals surface area contributed by atoms with E-state index in [1.165, 1.54) is 4.90 Å². The maximum Gasteiger partial charge on any atom is 0.233 e. The summed E-state index contributed by atoms with van der Waals surface area (Å²) in [5.74, 6) is 0.697. The number of nitrogens with zero attached hydrogens (tertiary/aromatic N) is 2. The Bertz CT molecular complexity index is 648. The van der Waals surface area contributed by atoms with Gasteiger partial charge in [0.05, 0.1) is 11.8 Å². The molecule has 3 rings (SSSR count). The zero-order valence-corrected chi connectivity index (χ0v) is 18.9. The zero-order chi connectivity index (χ0) is 19.6. The monoisotopic (exact) mass is 503 g/mol. The SMILES string of the molecule is CN=C(NCCNC(=O)C(C)C)NCCN1C(=O)C2C3C=CC(C3)C2C1=O.I. The fraction of sp³-hybridized carbons (Fsp3) is 0.684. The molecule has 0 radical (unpaired) electrons. The molecule has 2 fully saturated rings. The Labute approximate surface area is 183 Å². The molecular weight excluding hydrogens is 473 g/mol. The summed E-state index contributed by atoms with van der Waals surface area (Å²) in [6.07, 6.45) is 5.15. The third kappa shape index (κ3) is 4.49. The second kappa shape index (κ2) is 9.71. The number of guanidine groups is 1. The molecule has 3 amide bonds. The number of fused-ring (bicyclic) bond motifs is 5. The molecule has 28 heavy (non-hydrogen) atoms. The molecule has 1 saturated carbocycles. The highest BCUT2D eigenvalue weighted by Gasteiger charge is 2.58. The van der Waals surface area contributed by atoms with Crippen molar-refractivity contribution in [3.05, 3.63) is 12.2 Å². The number of amides is 3. The van der Waals surface area contributed by atoms with Crippen molar-refractivity contribution >= 4 is 47.7 Å². The number of likely N-dealkylation sites (tertiary alicyclic amines) is 1. The summed E-state index contributed by atoms with van der Waals surface area (Å²) in [6, 6.07) is 0. The first-order valence-corrected chi connectivity index (χ1v) is 9.69. The number of aliphatic imine (C=N–C) groups is 1. The van der Waals surface area contributed by atoms with Crippen LogP contribution in [0.2, 0.25) is 0 Å². The van der Waals surface area contributed by atoms with Crippen molar-refractivity contribution in [2.24, 2.45) is 34.6 Å². The lowest BCUT2D eigenvalue weighted by Gasteiger charge is -2.18. The van der Waals surface area contributed by atoms with Gasteiger partial charge >= 0.3 is 0 Å². The number of carbonyl (C=O) groups excluding carboxylic acids is 3. The minimum absolute atomic E-state index is 0. The number of carbonyl (C=O) groups is 3. The summed E-state index contributed by atoms with van der Waals surface area (Å²) in [4.78, 5) is 42.3. The largest absolute Gasteiger partial charge is 0.355 e. The van der Waals surface area contributed by atoms with Crippen molar-refractivity contribution in [1.82, 2.24) is 20.9 Å². The quantitative estimate of drug-likeness (QED) is 0.116. The van der Waals surface area contributed by atoms with Crippen molar-refractivity contribution < 1.29 is 14.4 Å². The van der Waals surface area contributed by atoms with Gasteiger partial charge in [0.2, 0.25) is 17.7 Å². The number of nitrogens with one attached hydrogen (secondary N) is 3. The molecule has 2 aliphatic carbocycles. The van der Waals surface area contributed by atoms with Gasteiger partial charge in [0.25, 0.3) is 0 Å². The fourth-order valence-corrected chi connectivity index (χ4v) is 4.26. The van der Waals surface area contributed by atoms with Crippen LogP contribution in [0.1, 0.15) is 20.3 Å². The van der Waals surface area contributed by atoms with Gasteiger partial charge in [-0.2, -0.15) is 0 Å². The number of allylic oxidation sites excluding steroid dienone is 2. The molecule has 156 valence electrons. The summed E-state index contributed by atoms with van der Waals surface area (Å²) in [6.45, 7) is 5.52. The van der Waals surface area contributed by atoms with Crippen LogP contribution in [0.15, 0.2) is 17.1 Å². The van der Waals surface area contributed by atoms with Gasteiger partial charge in [-0.3, -0.25) is 24.3 Å². The van der Waals surface area contributed by atoms with Crippen LogP contribution in [-0.4, -0.2) is 61.8 Å². The average molecular weight is 503 g/mol. The van der Waals surface area contributed by atoms with Crippen LogP contribution in [0.25, 0.3) is 0 Å². The molecule has 1 saturated heterocycles. The lowest BCUT2D eigenvalue weighted by atomic mass is 9.85. The topological polar surface area (TPSA) is 103 Å². The van der Waals surface area contributed by atoms with E-state index in [-0.39, 0.29) is 71.3 Å². The maximum absolute atomic E-state index is 12.6. The summed E-state index contributed by atoms with van der Waals surface area (Å²) in [7, 11) is 1.65. The Kier molecular flexibility index (Phi) is 7.85. The van der Waals surface area contributed by atoms with Crippen LogP contribution < -0.4 is 16.0 Å². The third-order valence-electron chi connectivity index (χ3n) is 5.65. The maximum atomic E-state index is 12.6. The van der Waals surface area contributed by atoms with Gasteiger partial charge in [0.1, 0.15) is 0 Å². The molecule has 0 spiro atoms. The third-order valence-corrected chi connectivity index (χ3v) is 5.65. The molecule has 9 heteroatoms. The number of hydrogen-bond donors (Lipinski definition) is 3. The van der Waals surface area contributed by atoms with E-state index in [0.717, 1.165) is 6.42 Å². The molecule has 1 aliphatic heterocycles. The molecule has 4 atom stereocenters. The second-order valence-corrected chi connectivity index (χ2v) is 7.70. The van der Waals surface area contributed by atoms with Crippen LogP contribution >= 0.6 is 24.0 Å². The van der Waals surface area contributed by atoms with E-state index in [9.17, 15) is 14.4 Å². The fourth-order valence-electron chi connectivity index (χ4n) is 4.26. The molecule has 3 N–H and O–H groups in total. The van der Waals surface area contributed by atoms with Crippen molar-refractivity contribution in [2.45, 2.75) is 20.3 Å². The summed E-state index contributed by atoms with van der Waals surface area (Å²) in [5.41, 5.74) is 0. The standard InChI is InChI=1S/C19H29N5O3.HI/c1-11(2)16(25)21-6-7-22-19(20-3)23-8-9-24-17(26)14-12-4-5-13(10-12)15(14)18(24)27;/h4-5,11-15H,6-10H2,1-3H3,(H,21,25)(H2,20,22,23);1H. The van der Waals surface area contributed by atoms with Crippen LogP contribution in [0.5, 0.6) is 0 Å². The van der Waals surface area contributed by atoms with E-state index in [1.807, 2.05) is 13.8 Å². The second-order valence-electron chi connectivity index (χ2n) is 7.70. The van der Waals surface area contributed by atoms with Crippen LogP contribution in [0, 0.1) is 29.6 Å². The number of halogens is 1. The Morgan fingerprint density at radius 2 is 1.61 bits per heavy atom. The van der Waals surface area contributed by atoms with E-state index >= 15 is 0 Å². The minimum Gasteiger partial charge on any atom is -0.355 e. The van der Waals surface area contributed by atoms with Gasteiger partial charge in [-0.25, -0.2) is 0 Å². The van der Waals surface area contributed by atoms with Crippen molar-refractivity contribution in [3.8, 4) is 0 Å². The van der Waals surface area contributed by atoms with Crippen molar-refractivity contribution in [1.29, 1.82) is 0 Å². The molecule has 0 aromatic carbocycles. The molecule has 8 nitrogen and oxygen atoms in total. The minimum atomic E-state index is -0.144. The van der Waals surface area contributed by atoms with E-state index < -0.39 is 0 Å². The van der Waals surface area contributed by atoms with Gasteiger partial charge in [-0.05, 0) is 18.3 Å². The molecule has 0 aromatic heterocycles. The van der Waals surface area contributed by atoms with E-state index in [0.29, 0.717) is 32.1 Å². The Hall–Kier alpha value is -1.65. The average Bonchev–Trinajstić information content (AvgIpc) is 3.32. The first-order valence-electron chi connectivity index (χ1n) is 9.69. The summed E-state index contributed by atoms with van der Waals surface area (Å²) < 4.78 is 0. The highest BCUT2D eigenvalue weighted by molar-refractivity contribution is 14.0. The van der Waals surface area contributed by atoms with Crippen LogP contribution in [-0.2, 0) is 14.4 Å². The Morgan fingerprint density at radius 3 is 2.14 bits per heavy atom. The van der Waals surface area contributed by atoms with Gasteiger partial charge < -0.3 is 16.0 Å². The van der Waals surface area contributed by atoms with Gasteiger partial charge in [-0.1, -0.05) is 26.0 Å². The van der Waals surface area contributed by atoms with Crippen molar-refractivity contribution in [3.63, 3.8) is 0 Å². The number of hydrogen-bond acceptors (Lipinski definition) is 4. The summed E-state index contributed by atoms with van der Waals surface area (Å²) in [5, 5.41) is 9.04. The lowest BCUT2D eigenvalue weighted by molar-refractivity contribution is -0.140. The molecule has 0 aromatic rings. The van der Waals surface area contributed by atoms with Gasteiger partial charge in [-0.15, -0.1) is 24.0 Å². The zero-order valence-electron chi connectivity index (χ0n) is 16.6. The molecule has 3 aliphatic rings. The normalized spacial score (nSPS) is 27.9. The van der Waals surface area contributed by atoms with Crippen LogP contribution in [0.4, 0.5) is 0 Å².